The second-order valence-electron chi connectivity index (χ2n) is 6.55. The summed E-state index contributed by atoms with van der Waals surface area (Å²) in [7, 11) is 0. The van der Waals surface area contributed by atoms with Gasteiger partial charge in [0.25, 0.3) is 0 Å². The Morgan fingerprint density at radius 1 is 1.19 bits per heavy atom. The highest BCUT2D eigenvalue weighted by molar-refractivity contribution is 5.21. The first-order valence-electron chi connectivity index (χ1n) is 8.41. The van der Waals surface area contributed by atoms with Crippen molar-refractivity contribution in [1.82, 2.24) is 4.90 Å². The number of hydrogen-bond donors (Lipinski definition) is 0. The van der Waals surface area contributed by atoms with Gasteiger partial charge in [-0.15, -0.1) is 0 Å². The number of allylic oxidation sites excluding steroid dienone is 3. The average Bonchev–Trinajstić information content (AvgIpc) is 3.30. The molecule has 3 atom stereocenters. The Hall–Kier alpha value is -1.50. The van der Waals surface area contributed by atoms with Crippen molar-refractivity contribution in [2.45, 2.75) is 38.5 Å². The van der Waals surface area contributed by atoms with E-state index in [1.807, 2.05) is 0 Å². The summed E-state index contributed by atoms with van der Waals surface area (Å²) in [5.74, 6) is 2.21. The van der Waals surface area contributed by atoms with Gasteiger partial charge in [0.15, 0.2) is 0 Å². The van der Waals surface area contributed by atoms with Gasteiger partial charge in [-0.05, 0) is 50.0 Å². The molecule has 21 heavy (non-hydrogen) atoms. The molecular weight excluding hydrogens is 254 g/mol. The fraction of sp³-hybridized carbons (Fsp3) is 0.500. The van der Waals surface area contributed by atoms with Crippen LogP contribution in [0.1, 0.15) is 44.1 Å². The summed E-state index contributed by atoms with van der Waals surface area (Å²) in [4.78, 5) is 2.57. The first-order valence-corrected chi connectivity index (χ1v) is 8.41. The molecule has 112 valence electrons. The molecule has 3 rings (SSSR count). The Labute approximate surface area is 129 Å². The van der Waals surface area contributed by atoms with Crippen LogP contribution in [-0.2, 0) is 0 Å². The van der Waals surface area contributed by atoms with Crippen molar-refractivity contribution in [2.75, 3.05) is 13.1 Å². The maximum absolute atomic E-state index is 4.40. The van der Waals surface area contributed by atoms with E-state index < -0.39 is 0 Å². The molecule has 1 nitrogen and oxygen atoms in total. The summed E-state index contributed by atoms with van der Waals surface area (Å²) in [5.41, 5.74) is 2.91. The maximum atomic E-state index is 4.40. The van der Waals surface area contributed by atoms with Crippen molar-refractivity contribution >= 4 is 0 Å². The third-order valence-electron chi connectivity index (χ3n) is 5.11. The highest BCUT2D eigenvalue weighted by Crippen LogP contribution is 2.46. The van der Waals surface area contributed by atoms with Gasteiger partial charge < -0.3 is 4.90 Å². The Balaban J connectivity index is 1.58. The summed E-state index contributed by atoms with van der Waals surface area (Å²) < 4.78 is 0. The molecule has 3 unspecified atom stereocenters. The minimum atomic E-state index is 0.717. The van der Waals surface area contributed by atoms with Gasteiger partial charge in [0.05, 0.1) is 0 Å². The van der Waals surface area contributed by atoms with Crippen molar-refractivity contribution < 1.29 is 0 Å². The predicted molar refractivity (Wildman–Crippen MR) is 90.2 cm³/mol. The SMILES string of the molecule is C=C(C1CC1/C=C\C)N1CCCC(c2ccccc2)CC1. The smallest absolute Gasteiger partial charge is 0.0180 e. The van der Waals surface area contributed by atoms with E-state index in [-0.39, 0.29) is 0 Å². The number of hydrogen-bond acceptors (Lipinski definition) is 1. The van der Waals surface area contributed by atoms with Crippen LogP contribution in [0.3, 0.4) is 0 Å². The second kappa shape index (κ2) is 6.51. The van der Waals surface area contributed by atoms with Crippen LogP contribution in [0.15, 0.2) is 54.8 Å². The maximum Gasteiger partial charge on any atom is 0.0180 e. The molecule has 1 heterocycles. The standard InChI is InChI=1S/C20H27N/c1-3-8-19-15-20(19)16(2)21-13-7-11-18(12-14-21)17-9-5-4-6-10-17/h3-6,8-10,18-20H,2,7,11-15H2,1H3/b8-3-. The van der Waals surface area contributed by atoms with E-state index in [9.17, 15) is 0 Å². The minimum absolute atomic E-state index is 0.717. The monoisotopic (exact) mass is 281 g/mol. The summed E-state index contributed by atoms with van der Waals surface area (Å²) in [6.45, 7) is 8.90. The third kappa shape index (κ3) is 3.40. The van der Waals surface area contributed by atoms with Crippen LogP contribution in [0.2, 0.25) is 0 Å². The van der Waals surface area contributed by atoms with Gasteiger partial charge in [-0.3, -0.25) is 0 Å². The van der Waals surface area contributed by atoms with Crippen molar-refractivity contribution in [3.05, 3.63) is 60.3 Å². The zero-order valence-electron chi connectivity index (χ0n) is 13.2. The summed E-state index contributed by atoms with van der Waals surface area (Å²) >= 11 is 0. The topological polar surface area (TPSA) is 3.24 Å². The van der Waals surface area contributed by atoms with Crippen LogP contribution in [-0.4, -0.2) is 18.0 Å². The van der Waals surface area contributed by atoms with Crippen LogP contribution >= 0.6 is 0 Å². The van der Waals surface area contributed by atoms with E-state index in [2.05, 4.69) is 60.9 Å². The van der Waals surface area contributed by atoms with Crippen molar-refractivity contribution in [3.63, 3.8) is 0 Å². The van der Waals surface area contributed by atoms with Crippen LogP contribution < -0.4 is 0 Å². The Kier molecular flexibility index (Phi) is 4.48. The van der Waals surface area contributed by atoms with Crippen LogP contribution in [0.5, 0.6) is 0 Å². The van der Waals surface area contributed by atoms with Crippen LogP contribution in [0.4, 0.5) is 0 Å². The van der Waals surface area contributed by atoms with E-state index in [1.54, 1.807) is 0 Å². The fourth-order valence-electron chi connectivity index (χ4n) is 3.73. The fourth-order valence-corrected chi connectivity index (χ4v) is 3.73. The van der Waals surface area contributed by atoms with Crippen LogP contribution in [0, 0.1) is 11.8 Å². The molecule has 2 aliphatic rings. The molecule has 0 spiro atoms. The lowest BCUT2D eigenvalue weighted by atomic mass is 9.92. The lowest BCUT2D eigenvalue weighted by molar-refractivity contribution is 0.338. The van der Waals surface area contributed by atoms with Crippen LogP contribution in [0.25, 0.3) is 0 Å². The van der Waals surface area contributed by atoms with Crippen molar-refractivity contribution in [3.8, 4) is 0 Å². The molecule has 1 heteroatoms. The lowest BCUT2D eigenvalue weighted by Crippen LogP contribution is -2.25. The van der Waals surface area contributed by atoms with Gasteiger partial charge in [-0.1, -0.05) is 49.1 Å². The highest BCUT2D eigenvalue weighted by Gasteiger charge is 2.39. The summed E-state index contributed by atoms with van der Waals surface area (Å²) in [6, 6.07) is 11.0. The molecule has 1 saturated heterocycles. The zero-order valence-corrected chi connectivity index (χ0v) is 13.2. The molecule has 1 aliphatic carbocycles. The highest BCUT2D eigenvalue weighted by atomic mass is 15.1. The van der Waals surface area contributed by atoms with E-state index in [0.29, 0.717) is 0 Å². The summed E-state index contributed by atoms with van der Waals surface area (Å²) in [5, 5.41) is 0. The Morgan fingerprint density at radius 2 is 2.00 bits per heavy atom. The first-order chi connectivity index (χ1) is 10.3. The predicted octanol–water partition coefficient (Wildman–Crippen LogP) is 4.98. The lowest BCUT2D eigenvalue weighted by Gasteiger charge is -2.25. The van der Waals surface area contributed by atoms with E-state index in [4.69, 9.17) is 0 Å². The molecule has 1 saturated carbocycles. The Morgan fingerprint density at radius 3 is 2.76 bits per heavy atom. The van der Waals surface area contributed by atoms with Crippen molar-refractivity contribution in [2.24, 2.45) is 11.8 Å². The first kappa shape index (κ1) is 14.4. The largest absolute Gasteiger partial charge is 0.375 e. The van der Waals surface area contributed by atoms with Gasteiger partial charge in [-0.25, -0.2) is 0 Å². The molecular formula is C20H27N. The van der Waals surface area contributed by atoms with Gasteiger partial charge >= 0.3 is 0 Å². The van der Waals surface area contributed by atoms with E-state index >= 15 is 0 Å². The third-order valence-corrected chi connectivity index (χ3v) is 5.11. The number of rotatable bonds is 4. The van der Waals surface area contributed by atoms with Gasteiger partial charge in [-0.2, -0.15) is 0 Å². The number of benzene rings is 1. The minimum Gasteiger partial charge on any atom is -0.375 e. The molecule has 1 aliphatic heterocycles. The molecule has 0 N–H and O–H groups in total. The average molecular weight is 281 g/mol. The zero-order chi connectivity index (χ0) is 14.7. The molecule has 0 amide bonds. The molecule has 1 aromatic carbocycles. The number of nitrogens with zero attached hydrogens (tertiary/aromatic N) is 1. The van der Waals surface area contributed by atoms with E-state index in [1.165, 1.54) is 50.0 Å². The van der Waals surface area contributed by atoms with Gasteiger partial charge in [0, 0.05) is 24.7 Å². The molecule has 0 radical (unpaired) electrons. The van der Waals surface area contributed by atoms with Gasteiger partial charge in [0.2, 0.25) is 0 Å². The molecule has 0 bridgehead atoms. The normalized spacial score (nSPS) is 29.4. The number of likely N-dealkylation sites (tertiary alicyclic amines) is 1. The quantitative estimate of drug-likeness (QED) is 0.703. The molecule has 1 aromatic rings. The van der Waals surface area contributed by atoms with Gasteiger partial charge in [0.1, 0.15) is 0 Å². The van der Waals surface area contributed by atoms with Crippen molar-refractivity contribution in [1.29, 1.82) is 0 Å². The second-order valence-corrected chi connectivity index (χ2v) is 6.55. The molecule has 0 aromatic heterocycles. The summed E-state index contributed by atoms with van der Waals surface area (Å²) in [6.07, 6.45) is 9.72. The molecule has 2 fully saturated rings. The Bertz CT molecular complexity index is 502. The van der Waals surface area contributed by atoms with E-state index in [0.717, 1.165) is 17.8 Å².